The Morgan fingerprint density at radius 1 is 1.09 bits per heavy atom. The van der Waals surface area contributed by atoms with E-state index >= 15 is 0 Å². The van der Waals surface area contributed by atoms with Gasteiger partial charge in [-0.1, -0.05) is 44.5 Å². The molecule has 0 bridgehead atoms. The fourth-order valence-electron chi connectivity index (χ4n) is 2.00. The second-order valence-corrected chi connectivity index (χ2v) is 8.10. The number of ether oxygens (including phenoxy) is 1. The lowest BCUT2D eigenvalue weighted by molar-refractivity contribution is 0.386. The number of hydrogen-bond donors (Lipinski definition) is 0. The first-order valence-electron chi connectivity index (χ1n) is 7.15. The third-order valence-corrected chi connectivity index (χ3v) is 5.00. The molecule has 0 saturated heterocycles. The fraction of sp³-hybridized carbons (Fsp3) is 0.333. The van der Waals surface area contributed by atoms with Crippen molar-refractivity contribution in [1.29, 1.82) is 0 Å². The van der Waals surface area contributed by atoms with E-state index in [9.17, 15) is 4.21 Å². The van der Waals surface area contributed by atoms with E-state index in [2.05, 4.69) is 20.8 Å². The van der Waals surface area contributed by atoms with Crippen molar-refractivity contribution in [2.75, 3.05) is 5.94 Å². The van der Waals surface area contributed by atoms with Crippen LogP contribution >= 0.6 is 11.6 Å². The number of hydrogen-bond acceptors (Lipinski definition) is 2. The fourth-order valence-corrected chi connectivity index (χ4v) is 2.94. The van der Waals surface area contributed by atoms with Crippen LogP contribution < -0.4 is 4.74 Å². The quantitative estimate of drug-likeness (QED) is 0.777. The van der Waals surface area contributed by atoms with E-state index < -0.39 is 10.8 Å². The van der Waals surface area contributed by atoms with Crippen LogP contribution in [0.3, 0.4) is 0 Å². The van der Waals surface area contributed by atoms with Gasteiger partial charge in [0.2, 0.25) is 0 Å². The van der Waals surface area contributed by atoms with Crippen LogP contribution in [0, 0.1) is 6.92 Å². The molecule has 2 nitrogen and oxygen atoms in total. The molecule has 0 aliphatic rings. The Labute approximate surface area is 139 Å². The van der Waals surface area contributed by atoms with Gasteiger partial charge in [-0.2, -0.15) is 0 Å². The SMILES string of the molecule is Cc1cc(OCS(=O)c2ccc(C(C)(C)C)cc2)ccc1Cl. The Balaban J connectivity index is 2.01. The second-order valence-electron chi connectivity index (χ2n) is 6.29. The minimum absolute atomic E-state index is 0.0946. The highest BCUT2D eigenvalue weighted by Gasteiger charge is 2.14. The Bertz CT molecular complexity index is 672. The van der Waals surface area contributed by atoms with Gasteiger partial charge in [-0.15, -0.1) is 0 Å². The Hall–Kier alpha value is -1.32. The van der Waals surface area contributed by atoms with Gasteiger partial charge in [0.05, 0.1) is 10.8 Å². The maximum atomic E-state index is 12.3. The molecule has 0 aromatic heterocycles. The van der Waals surface area contributed by atoms with E-state index in [-0.39, 0.29) is 11.4 Å². The summed E-state index contributed by atoms with van der Waals surface area (Å²) >= 11 is 5.98. The van der Waals surface area contributed by atoms with Crippen molar-refractivity contribution in [2.45, 2.75) is 38.0 Å². The van der Waals surface area contributed by atoms with Crippen LogP contribution in [0.25, 0.3) is 0 Å². The lowest BCUT2D eigenvalue weighted by atomic mass is 9.87. The summed E-state index contributed by atoms with van der Waals surface area (Å²) in [5.74, 6) is 0.817. The molecule has 4 heteroatoms. The zero-order chi connectivity index (χ0) is 16.3. The highest BCUT2D eigenvalue weighted by Crippen LogP contribution is 2.24. The molecule has 0 aliphatic heterocycles. The van der Waals surface area contributed by atoms with E-state index in [0.29, 0.717) is 10.8 Å². The van der Waals surface area contributed by atoms with Crippen molar-refractivity contribution in [3.05, 3.63) is 58.6 Å². The predicted molar refractivity (Wildman–Crippen MR) is 93.2 cm³/mol. The van der Waals surface area contributed by atoms with Gasteiger partial charge < -0.3 is 4.74 Å². The van der Waals surface area contributed by atoms with Crippen molar-refractivity contribution in [2.24, 2.45) is 0 Å². The normalized spacial score (nSPS) is 13.0. The zero-order valence-electron chi connectivity index (χ0n) is 13.4. The van der Waals surface area contributed by atoms with Crippen molar-refractivity contribution < 1.29 is 8.95 Å². The minimum atomic E-state index is -1.19. The molecule has 0 aliphatic carbocycles. The van der Waals surface area contributed by atoms with E-state index in [1.165, 1.54) is 5.56 Å². The Morgan fingerprint density at radius 3 is 2.27 bits per heavy atom. The van der Waals surface area contributed by atoms with Gasteiger partial charge in [0.25, 0.3) is 0 Å². The summed E-state index contributed by atoms with van der Waals surface area (Å²) in [7, 11) is -1.19. The minimum Gasteiger partial charge on any atom is -0.480 e. The monoisotopic (exact) mass is 336 g/mol. The number of aryl methyl sites for hydroxylation is 1. The lowest BCUT2D eigenvalue weighted by Crippen LogP contribution is -2.11. The Morgan fingerprint density at radius 2 is 1.73 bits per heavy atom. The molecular formula is C18H21ClO2S. The molecule has 0 radical (unpaired) electrons. The first-order valence-corrected chi connectivity index (χ1v) is 8.85. The summed E-state index contributed by atoms with van der Waals surface area (Å²) in [4.78, 5) is 0.777. The maximum Gasteiger partial charge on any atom is 0.167 e. The molecular weight excluding hydrogens is 316 g/mol. The predicted octanol–water partition coefficient (Wildman–Crippen LogP) is 5.09. The average molecular weight is 337 g/mol. The number of rotatable bonds is 4. The molecule has 0 spiro atoms. The number of halogens is 1. The largest absolute Gasteiger partial charge is 0.480 e. The molecule has 0 heterocycles. The van der Waals surface area contributed by atoms with Crippen LogP contribution in [0.1, 0.15) is 31.9 Å². The average Bonchev–Trinajstić information content (AvgIpc) is 2.47. The maximum absolute atomic E-state index is 12.3. The summed E-state index contributed by atoms with van der Waals surface area (Å²) in [6.45, 7) is 8.39. The van der Waals surface area contributed by atoms with Crippen molar-refractivity contribution in [3.8, 4) is 5.75 Å². The van der Waals surface area contributed by atoms with Crippen LogP contribution in [-0.4, -0.2) is 10.1 Å². The third kappa shape index (κ3) is 4.34. The van der Waals surface area contributed by atoms with Crippen molar-refractivity contribution in [1.82, 2.24) is 0 Å². The van der Waals surface area contributed by atoms with Gasteiger partial charge in [-0.25, -0.2) is 0 Å². The van der Waals surface area contributed by atoms with Gasteiger partial charge in [0.1, 0.15) is 5.75 Å². The summed E-state index contributed by atoms with van der Waals surface area (Å²) < 4.78 is 17.9. The van der Waals surface area contributed by atoms with E-state index in [1.807, 2.05) is 37.3 Å². The molecule has 118 valence electrons. The first-order chi connectivity index (χ1) is 10.3. The van der Waals surface area contributed by atoms with Crippen LogP contribution in [0.2, 0.25) is 5.02 Å². The molecule has 22 heavy (non-hydrogen) atoms. The summed E-state index contributed by atoms with van der Waals surface area (Å²) in [6.07, 6.45) is 0. The van der Waals surface area contributed by atoms with Gasteiger partial charge >= 0.3 is 0 Å². The molecule has 0 fully saturated rings. The number of benzene rings is 2. The van der Waals surface area contributed by atoms with E-state index in [0.717, 1.165) is 10.5 Å². The molecule has 0 amide bonds. The highest BCUT2D eigenvalue weighted by molar-refractivity contribution is 7.84. The van der Waals surface area contributed by atoms with Crippen LogP contribution in [-0.2, 0) is 16.2 Å². The van der Waals surface area contributed by atoms with Gasteiger partial charge in [-0.3, -0.25) is 4.21 Å². The lowest BCUT2D eigenvalue weighted by Gasteiger charge is -2.19. The van der Waals surface area contributed by atoms with Crippen molar-refractivity contribution >= 4 is 22.4 Å². The van der Waals surface area contributed by atoms with Crippen LogP contribution in [0.15, 0.2) is 47.4 Å². The van der Waals surface area contributed by atoms with E-state index in [1.54, 1.807) is 12.1 Å². The van der Waals surface area contributed by atoms with Gasteiger partial charge in [-0.05, 0) is 53.8 Å². The standard InChI is InChI=1S/C18H21ClO2S/c1-13-11-15(7-10-17(13)19)21-12-22(20)16-8-5-14(6-9-16)18(2,3)4/h5-11H,12H2,1-4H3. The van der Waals surface area contributed by atoms with E-state index in [4.69, 9.17) is 16.3 Å². The van der Waals surface area contributed by atoms with Gasteiger partial charge in [0, 0.05) is 9.92 Å². The highest BCUT2D eigenvalue weighted by atomic mass is 35.5. The zero-order valence-corrected chi connectivity index (χ0v) is 14.9. The topological polar surface area (TPSA) is 26.3 Å². The van der Waals surface area contributed by atoms with Gasteiger partial charge in [0.15, 0.2) is 5.94 Å². The molecule has 2 rings (SSSR count). The molecule has 2 aromatic carbocycles. The van der Waals surface area contributed by atoms with Crippen LogP contribution in [0.5, 0.6) is 5.75 Å². The summed E-state index contributed by atoms with van der Waals surface area (Å²) in [6, 6.07) is 13.3. The molecule has 2 aromatic rings. The van der Waals surface area contributed by atoms with Crippen LogP contribution in [0.4, 0.5) is 0 Å². The molecule has 1 unspecified atom stereocenters. The molecule has 0 N–H and O–H groups in total. The van der Waals surface area contributed by atoms with Crippen molar-refractivity contribution in [3.63, 3.8) is 0 Å². The Kier molecular flexibility index (Phi) is 5.30. The molecule has 1 atom stereocenters. The summed E-state index contributed by atoms with van der Waals surface area (Å²) in [5.41, 5.74) is 2.26. The molecule has 0 saturated carbocycles. The second kappa shape index (κ2) is 6.84. The third-order valence-electron chi connectivity index (χ3n) is 3.45. The summed E-state index contributed by atoms with van der Waals surface area (Å²) in [5, 5.41) is 0.700. The smallest absolute Gasteiger partial charge is 0.167 e. The first kappa shape index (κ1) is 17.0.